The maximum absolute atomic E-state index is 12.7. The van der Waals surface area contributed by atoms with E-state index in [9.17, 15) is 9.59 Å². The molecule has 0 unspecified atom stereocenters. The fraction of sp³-hybridized carbons (Fsp3) is 0.318. The lowest BCUT2D eigenvalue weighted by atomic mass is 10.1. The van der Waals surface area contributed by atoms with Crippen LogP contribution >= 0.6 is 0 Å². The van der Waals surface area contributed by atoms with E-state index in [0.717, 1.165) is 22.2 Å². The first-order valence-corrected chi connectivity index (χ1v) is 9.43. The Morgan fingerprint density at radius 1 is 1.14 bits per heavy atom. The molecular weight excluding hydrogens is 370 g/mol. The van der Waals surface area contributed by atoms with Crippen LogP contribution in [0.2, 0.25) is 0 Å². The number of hydrogen-bond donors (Lipinski definition) is 2. The summed E-state index contributed by atoms with van der Waals surface area (Å²) in [6, 6.07) is 12.2. The van der Waals surface area contributed by atoms with Crippen LogP contribution in [-0.2, 0) is 27.3 Å². The van der Waals surface area contributed by atoms with Crippen LogP contribution in [0, 0.1) is 0 Å². The van der Waals surface area contributed by atoms with E-state index in [1.54, 1.807) is 33.2 Å². The average molecular weight is 395 g/mol. The first-order chi connectivity index (χ1) is 13.8. The van der Waals surface area contributed by atoms with E-state index >= 15 is 0 Å². The van der Waals surface area contributed by atoms with Crippen LogP contribution in [0.1, 0.15) is 31.9 Å². The van der Waals surface area contributed by atoms with Crippen molar-refractivity contribution in [3.05, 3.63) is 66.0 Å². The predicted molar refractivity (Wildman–Crippen MR) is 109 cm³/mol. The molecule has 1 amide bonds. The molecule has 7 nitrogen and oxygen atoms in total. The smallest absolute Gasteiger partial charge is 0.408 e. The van der Waals surface area contributed by atoms with E-state index in [-0.39, 0.29) is 13.0 Å². The normalized spacial score (nSPS) is 12.4. The lowest BCUT2D eigenvalue weighted by molar-refractivity contribution is -0.157. The van der Waals surface area contributed by atoms with E-state index in [1.165, 1.54) is 0 Å². The van der Waals surface area contributed by atoms with Gasteiger partial charge in [-0.25, -0.2) is 14.6 Å². The molecule has 0 fully saturated rings. The van der Waals surface area contributed by atoms with Gasteiger partial charge in [0.05, 0.1) is 0 Å². The number of rotatable bonds is 6. The number of nitrogens with zero attached hydrogens (tertiary/aromatic N) is 1. The number of amides is 1. The molecule has 2 aromatic heterocycles. The largest absolute Gasteiger partial charge is 0.458 e. The van der Waals surface area contributed by atoms with Gasteiger partial charge in [-0.15, -0.1) is 0 Å². The SMILES string of the molecule is CC(C)(C)OC(=O)[C@H](Cc1c[nH]c2ncccc12)NC(=O)OCc1ccccc1. The molecule has 0 saturated heterocycles. The number of carbonyl (C=O) groups is 2. The van der Waals surface area contributed by atoms with Crippen molar-refractivity contribution in [2.24, 2.45) is 0 Å². The quantitative estimate of drug-likeness (QED) is 0.620. The number of hydrogen-bond acceptors (Lipinski definition) is 5. The second-order valence-corrected chi connectivity index (χ2v) is 7.71. The summed E-state index contributed by atoms with van der Waals surface area (Å²) in [7, 11) is 0. The minimum absolute atomic E-state index is 0.116. The van der Waals surface area contributed by atoms with Crippen LogP contribution < -0.4 is 5.32 Å². The molecule has 0 aliphatic heterocycles. The van der Waals surface area contributed by atoms with Gasteiger partial charge in [0.2, 0.25) is 0 Å². The minimum atomic E-state index is -0.892. The predicted octanol–water partition coefficient (Wildman–Crippen LogP) is 3.74. The number of aromatic amines is 1. The Kier molecular flexibility index (Phi) is 6.16. The first-order valence-electron chi connectivity index (χ1n) is 9.43. The summed E-state index contributed by atoms with van der Waals surface area (Å²) in [6.45, 7) is 5.46. The first kappa shape index (κ1) is 20.4. The second kappa shape index (κ2) is 8.77. The summed E-state index contributed by atoms with van der Waals surface area (Å²) < 4.78 is 10.8. The van der Waals surface area contributed by atoms with Gasteiger partial charge in [-0.05, 0) is 44.0 Å². The molecule has 0 aliphatic carbocycles. The highest BCUT2D eigenvalue weighted by Gasteiger charge is 2.28. The van der Waals surface area contributed by atoms with E-state index < -0.39 is 23.7 Å². The van der Waals surface area contributed by atoms with Gasteiger partial charge in [0.15, 0.2) is 0 Å². The Labute approximate surface area is 169 Å². The third-order valence-electron chi connectivity index (χ3n) is 4.16. The Balaban J connectivity index is 1.72. The number of H-pyrrole nitrogens is 1. The van der Waals surface area contributed by atoms with Crippen molar-refractivity contribution in [1.29, 1.82) is 0 Å². The van der Waals surface area contributed by atoms with E-state index in [0.29, 0.717) is 0 Å². The highest BCUT2D eigenvalue weighted by Crippen LogP contribution is 2.19. The molecular formula is C22H25N3O4. The van der Waals surface area contributed by atoms with E-state index in [1.807, 2.05) is 42.5 Å². The average Bonchev–Trinajstić information content (AvgIpc) is 3.08. The number of pyridine rings is 1. The third kappa shape index (κ3) is 5.81. The number of benzene rings is 1. The van der Waals surface area contributed by atoms with Crippen molar-refractivity contribution in [2.75, 3.05) is 0 Å². The summed E-state index contributed by atoms with van der Waals surface area (Å²) >= 11 is 0. The summed E-state index contributed by atoms with van der Waals surface area (Å²) in [5.41, 5.74) is 1.76. The van der Waals surface area contributed by atoms with Gasteiger partial charge in [0.25, 0.3) is 0 Å². The maximum atomic E-state index is 12.7. The zero-order chi connectivity index (χ0) is 20.9. The van der Waals surface area contributed by atoms with Gasteiger partial charge in [-0.1, -0.05) is 30.3 Å². The Morgan fingerprint density at radius 2 is 1.90 bits per heavy atom. The molecule has 1 atom stereocenters. The van der Waals surface area contributed by atoms with Crippen LogP contribution in [0.4, 0.5) is 4.79 Å². The zero-order valence-electron chi connectivity index (χ0n) is 16.8. The van der Waals surface area contributed by atoms with Crippen molar-refractivity contribution < 1.29 is 19.1 Å². The molecule has 0 saturated carbocycles. The van der Waals surface area contributed by atoms with Crippen LogP contribution in [-0.4, -0.2) is 33.7 Å². The Hall–Kier alpha value is -3.35. The Bertz CT molecular complexity index is 976. The zero-order valence-corrected chi connectivity index (χ0v) is 16.8. The lowest BCUT2D eigenvalue weighted by Gasteiger charge is -2.24. The molecule has 2 N–H and O–H groups in total. The van der Waals surface area contributed by atoms with Gasteiger partial charge in [0, 0.05) is 24.2 Å². The van der Waals surface area contributed by atoms with Gasteiger partial charge in [-0.3, -0.25) is 0 Å². The second-order valence-electron chi connectivity index (χ2n) is 7.71. The van der Waals surface area contributed by atoms with Gasteiger partial charge >= 0.3 is 12.1 Å². The molecule has 0 radical (unpaired) electrons. The number of alkyl carbamates (subject to hydrolysis) is 1. The highest BCUT2D eigenvalue weighted by atomic mass is 16.6. The summed E-state index contributed by atoms with van der Waals surface area (Å²) in [5.74, 6) is -0.521. The summed E-state index contributed by atoms with van der Waals surface area (Å²) in [6.07, 6.45) is 3.04. The van der Waals surface area contributed by atoms with Gasteiger partial charge in [0.1, 0.15) is 23.9 Å². The van der Waals surface area contributed by atoms with Crippen molar-refractivity contribution in [1.82, 2.24) is 15.3 Å². The van der Waals surface area contributed by atoms with Crippen molar-refractivity contribution >= 4 is 23.1 Å². The molecule has 2 heterocycles. The van der Waals surface area contributed by atoms with Gasteiger partial charge in [-0.2, -0.15) is 0 Å². The van der Waals surface area contributed by atoms with E-state index in [2.05, 4.69) is 15.3 Å². The standard InChI is InChI=1S/C22H25N3O4/c1-22(2,3)29-20(26)18(12-16-13-24-19-17(16)10-7-11-23-19)25-21(27)28-14-15-8-5-4-6-9-15/h4-11,13,18H,12,14H2,1-3H3,(H,23,24)(H,25,27)/t18-/m0/s1. The topological polar surface area (TPSA) is 93.3 Å². The third-order valence-corrected chi connectivity index (χ3v) is 4.16. The van der Waals surface area contributed by atoms with Crippen LogP contribution in [0.5, 0.6) is 0 Å². The fourth-order valence-corrected chi connectivity index (χ4v) is 2.87. The van der Waals surface area contributed by atoms with Crippen LogP contribution in [0.3, 0.4) is 0 Å². The molecule has 7 heteroatoms. The molecule has 0 spiro atoms. The maximum Gasteiger partial charge on any atom is 0.408 e. The Morgan fingerprint density at radius 3 is 2.62 bits per heavy atom. The molecule has 152 valence electrons. The van der Waals surface area contributed by atoms with Crippen molar-refractivity contribution in [2.45, 2.75) is 45.4 Å². The van der Waals surface area contributed by atoms with Crippen molar-refractivity contribution in [3.63, 3.8) is 0 Å². The lowest BCUT2D eigenvalue weighted by Crippen LogP contribution is -2.45. The van der Waals surface area contributed by atoms with Gasteiger partial charge < -0.3 is 19.8 Å². The molecule has 1 aromatic carbocycles. The number of carbonyl (C=O) groups excluding carboxylic acids is 2. The van der Waals surface area contributed by atoms with Crippen molar-refractivity contribution in [3.8, 4) is 0 Å². The molecule has 0 aliphatic rings. The molecule has 0 bridgehead atoms. The summed E-state index contributed by atoms with van der Waals surface area (Å²) in [4.78, 5) is 32.4. The minimum Gasteiger partial charge on any atom is -0.458 e. The summed E-state index contributed by atoms with van der Waals surface area (Å²) in [5, 5.41) is 3.53. The number of aromatic nitrogens is 2. The number of nitrogens with one attached hydrogen (secondary N) is 2. The number of ether oxygens (including phenoxy) is 2. The number of esters is 1. The number of fused-ring (bicyclic) bond motifs is 1. The monoisotopic (exact) mass is 395 g/mol. The van der Waals surface area contributed by atoms with Crippen LogP contribution in [0.25, 0.3) is 11.0 Å². The van der Waals surface area contributed by atoms with Crippen LogP contribution in [0.15, 0.2) is 54.9 Å². The molecule has 3 aromatic rings. The highest BCUT2D eigenvalue weighted by molar-refractivity contribution is 5.84. The van der Waals surface area contributed by atoms with E-state index in [4.69, 9.17) is 9.47 Å². The molecule has 29 heavy (non-hydrogen) atoms. The fourth-order valence-electron chi connectivity index (χ4n) is 2.87. The molecule has 3 rings (SSSR count).